The molecule has 1 N–H and O–H groups in total. The molecule has 3 rings (SSSR count). The smallest absolute Gasteiger partial charge is 0.0594 e. The van der Waals surface area contributed by atoms with Gasteiger partial charge in [-0.05, 0) is 25.8 Å². The van der Waals surface area contributed by atoms with E-state index in [1.807, 2.05) is 0 Å². The van der Waals surface area contributed by atoms with E-state index >= 15 is 0 Å². The highest BCUT2D eigenvalue weighted by atomic mass is 16.5. The highest BCUT2D eigenvalue weighted by molar-refractivity contribution is 4.90. The van der Waals surface area contributed by atoms with Gasteiger partial charge in [0, 0.05) is 44.2 Å². The number of nitrogens with zero attached hydrogens (tertiary/aromatic N) is 2. The van der Waals surface area contributed by atoms with Crippen LogP contribution in [0.1, 0.15) is 19.3 Å². The Balaban J connectivity index is 1.51. The van der Waals surface area contributed by atoms with E-state index in [-0.39, 0.29) is 12.0 Å². The van der Waals surface area contributed by atoms with Crippen molar-refractivity contribution < 1.29 is 14.6 Å². The molecule has 3 aliphatic rings. The van der Waals surface area contributed by atoms with Crippen molar-refractivity contribution in [2.75, 3.05) is 65.8 Å². The average molecular weight is 284 g/mol. The summed E-state index contributed by atoms with van der Waals surface area (Å²) in [6.07, 6.45) is 3.44. The van der Waals surface area contributed by atoms with Gasteiger partial charge in [-0.25, -0.2) is 0 Å². The summed E-state index contributed by atoms with van der Waals surface area (Å²) in [5, 5.41) is 9.78. The zero-order chi connectivity index (χ0) is 13.8. The number of aliphatic hydroxyl groups excluding tert-OH is 1. The largest absolute Gasteiger partial charge is 0.396 e. The van der Waals surface area contributed by atoms with Crippen molar-refractivity contribution in [3.05, 3.63) is 0 Å². The number of hydrogen-bond acceptors (Lipinski definition) is 5. The Hall–Kier alpha value is -0.200. The minimum Gasteiger partial charge on any atom is -0.396 e. The molecule has 0 amide bonds. The number of ether oxygens (including phenoxy) is 2. The third-order valence-corrected chi connectivity index (χ3v) is 5.11. The quantitative estimate of drug-likeness (QED) is 0.798. The molecule has 0 bridgehead atoms. The Kier molecular flexibility index (Phi) is 4.94. The molecule has 3 heterocycles. The van der Waals surface area contributed by atoms with E-state index in [4.69, 9.17) is 9.47 Å². The van der Waals surface area contributed by atoms with Crippen LogP contribution in [-0.4, -0.2) is 86.7 Å². The maximum atomic E-state index is 9.78. The van der Waals surface area contributed by atoms with Crippen LogP contribution in [0.5, 0.6) is 0 Å². The van der Waals surface area contributed by atoms with Crippen LogP contribution in [0, 0.1) is 5.41 Å². The van der Waals surface area contributed by atoms with Gasteiger partial charge in [0.1, 0.15) is 0 Å². The summed E-state index contributed by atoms with van der Waals surface area (Å²) < 4.78 is 11.1. The van der Waals surface area contributed by atoms with Crippen LogP contribution in [0.4, 0.5) is 0 Å². The van der Waals surface area contributed by atoms with Gasteiger partial charge in [0.2, 0.25) is 0 Å². The van der Waals surface area contributed by atoms with E-state index in [0.717, 1.165) is 72.0 Å². The van der Waals surface area contributed by atoms with Crippen LogP contribution in [0.2, 0.25) is 0 Å². The Morgan fingerprint density at radius 2 is 1.95 bits per heavy atom. The van der Waals surface area contributed by atoms with E-state index in [1.165, 1.54) is 6.42 Å². The highest BCUT2D eigenvalue weighted by Crippen LogP contribution is 2.31. The second-order valence-electron chi connectivity index (χ2n) is 6.64. The van der Waals surface area contributed by atoms with Crippen molar-refractivity contribution >= 4 is 0 Å². The van der Waals surface area contributed by atoms with Crippen LogP contribution in [-0.2, 0) is 9.47 Å². The second-order valence-corrected chi connectivity index (χ2v) is 6.64. The predicted molar refractivity (Wildman–Crippen MR) is 76.8 cm³/mol. The molecular formula is C15H28N2O3. The molecule has 5 nitrogen and oxygen atoms in total. The lowest BCUT2D eigenvalue weighted by Crippen LogP contribution is -2.47. The van der Waals surface area contributed by atoms with Crippen LogP contribution in [0.3, 0.4) is 0 Å². The molecule has 0 spiro atoms. The third-order valence-electron chi connectivity index (χ3n) is 5.11. The fourth-order valence-corrected chi connectivity index (χ4v) is 3.88. The number of rotatable bonds is 4. The lowest BCUT2D eigenvalue weighted by molar-refractivity contribution is -0.0537. The zero-order valence-corrected chi connectivity index (χ0v) is 12.4. The molecule has 0 saturated carbocycles. The van der Waals surface area contributed by atoms with Crippen molar-refractivity contribution in [1.82, 2.24) is 9.80 Å². The molecule has 116 valence electrons. The molecule has 3 aliphatic heterocycles. The summed E-state index contributed by atoms with van der Waals surface area (Å²) in [5.74, 6) is 0. The minimum atomic E-state index is -0.0157. The van der Waals surface area contributed by atoms with Gasteiger partial charge in [0.25, 0.3) is 0 Å². The van der Waals surface area contributed by atoms with Gasteiger partial charge in [-0.3, -0.25) is 4.90 Å². The van der Waals surface area contributed by atoms with Gasteiger partial charge in [-0.15, -0.1) is 0 Å². The Labute approximate surface area is 121 Å². The molecule has 0 aromatic heterocycles. The van der Waals surface area contributed by atoms with Gasteiger partial charge in [-0.1, -0.05) is 0 Å². The number of likely N-dealkylation sites (tertiary alicyclic amines) is 1. The number of hydrogen-bond donors (Lipinski definition) is 1. The standard InChI is InChI=1S/C15H28N2O3/c18-12-15(3-1-7-20-13-15)11-16-4-2-14(10-16)17-5-8-19-9-6-17/h14,18H,1-13H2. The maximum Gasteiger partial charge on any atom is 0.0594 e. The molecule has 20 heavy (non-hydrogen) atoms. The molecule has 0 radical (unpaired) electrons. The van der Waals surface area contributed by atoms with E-state index < -0.39 is 0 Å². The van der Waals surface area contributed by atoms with E-state index in [0.29, 0.717) is 6.04 Å². The molecule has 2 unspecified atom stereocenters. The van der Waals surface area contributed by atoms with Crippen molar-refractivity contribution in [2.24, 2.45) is 5.41 Å². The molecule has 2 atom stereocenters. The number of aliphatic hydroxyl groups is 1. The molecule has 5 heteroatoms. The fourth-order valence-electron chi connectivity index (χ4n) is 3.88. The number of morpholine rings is 1. The Morgan fingerprint density at radius 3 is 2.65 bits per heavy atom. The van der Waals surface area contributed by atoms with Crippen LogP contribution >= 0.6 is 0 Å². The molecule has 3 fully saturated rings. The van der Waals surface area contributed by atoms with Crippen LogP contribution in [0.25, 0.3) is 0 Å². The van der Waals surface area contributed by atoms with Gasteiger partial charge in [0.15, 0.2) is 0 Å². The average Bonchev–Trinajstić information content (AvgIpc) is 2.97. The van der Waals surface area contributed by atoms with E-state index in [2.05, 4.69) is 9.80 Å². The molecule has 0 aromatic rings. The first-order valence-corrected chi connectivity index (χ1v) is 8.04. The van der Waals surface area contributed by atoms with Gasteiger partial charge in [-0.2, -0.15) is 0 Å². The van der Waals surface area contributed by atoms with E-state index in [9.17, 15) is 5.11 Å². The van der Waals surface area contributed by atoms with Gasteiger partial charge < -0.3 is 19.5 Å². The highest BCUT2D eigenvalue weighted by Gasteiger charge is 2.37. The molecule has 3 saturated heterocycles. The summed E-state index contributed by atoms with van der Waals surface area (Å²) in [5.41, 5.74) is -0.0157. The first-order valence-electron chi connectivity index (χ1n) is 8.04. The van der Waals surface area contributed by atoms with E-state index in [1.54, 1.807) is 0 Å². The predicted octanol–water partition coefficient (Wildman–Crippen LogP) is 0.182. The summed E-state index contributed by atoms with van der Waals surface area (Å²) in [7, 11) is 0. The van der Waals surface area contributed by atoms with Crippen LogP contribution < -0.4 is 0 Å². The van der Waals surface area contributed by atoms with Gasteiger partial charge in [0.05, 0.1) is 26.4 Å². The minimum absolute atomic E-state index is 0.0157. The van der Waals surface area contributed by atoms with Crippen molar-refractivity contribution in [2.45, 2.75) is 25.3 Å². The molecule has 0 aliphatic carbocycles. The SMILES string of the molecule is OCC1(CN2CCC(N3CCOCC3)C2)CCCOC1. The first kappa shape index (κ1) is 14.7. The van der Waals surface area contributed by atoms with Crippen molar-refractivity contribution in [1.29, 1.82) is 0 Å². The summed E-state index contributed by atoms with van der Waals surface area (Å²) in [6, 6.07) is 0.680. The van der Waals surface area contributed by atoms with Gasteiger partial charge >= 0.3 is 0 Å². The topological polar surface area (TPSA) is 45.2 Å². The van der Waals surface area contributed by atoms with Crippen molar-refractivity contribution in [3.8, 4) is 0 Å². The monoisotopic (exact) mass is 284 g/mol. The normalized spacial score (nSPS) is 37.4. The molecular weight excluding hydrogens is 256 g/mol. The lowest BCUT2D eigenvalue weighted by Gasteiger charge is -2.39. The maximum absolute atomic E-state index is 9.78. The second kappa shape index (κ2) is 6.71. The fraction of sp³-hybridized carbons (Fsp3) is 1.00. The van der Waals surface area contributed by atoms with Crippen LogP contribution in [0.15, 0.2) is 0 Å². The third kappa shape index (κ3) is 3.34. The summed E-state index contributed by atoms with van der Waals surface area (Å²) in [4.78, 5) is 5.11. The Bertz CT molecular complexity index is 301. The summed E-state index contributed by atoms with van der Waals surface area (Å²) >= 11 is 0. The van der Waals surface area contributed by atoms with Crippen molar-refractivity contribution in [3.63, 3.8) is 0 Å². The lowest BCUT2D eigenvalue weighted by atomic mass is 9.83. The first-order chi connectivity index (χ1) is 9.81. The molecule has 0 aromatic carbocycles. The Morgan fingerprint density at radius 1 is 1.10 bits per heavy atom. The summed E-state index contributed by atoms with van der Waals surface area (Å²) in [6.45, 7) is 9.04. The zero-order valence-electron chi connectivity index (χ0n) is 12.4.